The predicted molar refractivity (Wildman–Crippen MR) is 71.0 cm³/mol. The molecule has 2 heterocycles. The van der Waals surface area contributed by atoms with Crippen LogP contribution < -0.4 is 0 Å². The molecule has 0 aromatic carbocycles. The van der Waals surface area contributed by atoms with Crippen molar-refractivity contribution in [2.75, 3.05) is 19.7 Å². The molecule has 18 heavy (non-hydrogen) atoms. The lowest BCUT2D eigenvalue weighted by Crippen LogP contribution is -2.50. The second-order valence-corrected chi connectivity index (χ2v) is 5.51. The Hall–Kier alpha value is -0.910. The molecule has 1 N–H and O–H groups in total. The normalized spacial score (nSPS) is 24.3. The Morgan fingerprint density at radius 2 is 2.39 bits per heavy atom. The first-order valence-electron chi connectivity index (χ1n) is 6.27. The molecule has 1 saturated heterocycles. The van der Waals surface area contributed by atoms with Crippen LogP contribution in [0.2, 0.25) is 0 Å². The quantitative estimate of drug-likeness (QED) is 0.905. The van der Waals surface area contributed by atoms with E-state index in [-0.39, 0.29) is 24.7 Å². The van der Waals surface area contributed by atoms with E-state index >= 15 is 0 Å². The minimum Gasteiger partial charge on any atom is -0.394 e. The Bertz CT molecular complexity index is 418. The lowest BCUT2D eigenvalue weighted by atomic mass is 10.1. The summed E-state index contributed by atoms with van der Waals surface area (Å²) in [5, 5.41) is 11.1. The number of ether oxygens (including phenoxy) is 1. The van der Waals surface area contributed by atoms with E-state index in [0.717, 1.165) is 16.9 Å². The van der Waals surface area contributed by atoms with Crippen molar-refractivity contribution in [1.29, 1.82) is 0 Å². The molecular weight excluding hydrogens is 250 g/mol. The topological polar surface area (TPSA) is 49.8 Å². The van der Waals surface area contributed by atoms with Crippen LogP contribution in [0.5, 0.6) is 0 Å². The highest BCUT2D eigenvalue weighted by Gasteiger charge is 2.29. The number of aryl methyl sites for hydroxylation is 1. The molecule has 2 atom stereocenters. The van der Waals surface area contributed by atoms with Gasteiger partial charge in [-0.3, -0.25) is 4.79 Å². The van der Waals surface area contributed by atoms with Crippen LogP contribution in [0.15, 0.2) is 11.4 Å². The van der Waals surface area contributed by atoms with E-state index in [2.05, 4.69) is 6.92 Å². The van der Waals surface area contributed by atoms with Crippen LogP contribution in [-0.2, 0) is 11.2 Å². The van der Waals surface area contributed by atoms with Crippen molar-refractivity contribution in [3.05, 3.63) is 21.9 Å². The van der Waals surface area contributed by atoms with Crippen LogP contribution in [0.3, 0.4) is 0 Å². The molecule has 0 bridgehead atoms. The van der Waals surface area contributed by atoms with Crippen molar-refractivity contribution in [2.24, 2.45) is 0 Å². The van der Waals surface area contributed by atoms with Gasteiger partial charge in [0, 0.05) is 13.1 Å². The second-order valence-electron chi connectivity index (χ2n) is 4.59. The van der Waals surface area contributed by atoms with Gasteiger partial charge in [0.05, 0.1) is 23.7 Å². The maximum atomic E-state index is 12.4. The van der Waals surface area contributed by atoms with Gasteiger partial charge in [-0.25, -0.2) is 0 Å². The van der Waals surface area contributed by atoms with Crippen LogP contribution in [0, 0.1) is 0 Å². The van der Waals surface area contributed by atoms with Gasteiger partial charge in [0.2, 0.25) is 0 Å². The lowest BCUT2D eigenvalue weighted by molar-refractivity contribution is -0.0857. The van der Waals surface area contributed by atoms with Gasteiger partial charge in [-0.2, -0.15) is 0 Å². The fourth-order valence-corrected chi connectivity index (χ4v) is 3.22. The monoisotopic (exact) mass is 269 g/mol. The molecule has 2 rings (SSSR count). The smallest absolute Gasteiger partial charge is 0.264 e. The number of aliphatic hydroxyl groups is 1. The zero-order valence-electron chi connectivity index (χ0n) is 10.8. The molecule has 1 fully saturated rings. The van der Waals surface area contributed by atoms with Gasteiger partial charge in [-0.1, -0.05) is 6.92 Å². The van der Waals surface area contributed by atoms with Crippen LogP contribution >= 0.6 is 11.3 Å². The van der Waals surface area contributed by atoms with Gasteiger partial charge in [-0.05, 0) is 30.4 Å². The van der Waals surface area contributed by atoms with Crippen LogP contribution in [-0.4, -0.2) is 47.8 Å². The zero-order chi connectivity index (χ0) is 13.1. The zero-order valence-corrected chi connectivity index (χ0v) is 11.6. The molecule has 2 unspecified atom stereocenters. The largest absolute Gasteiger partial charge is 0.394 e. The summed E-state index contributed by atoms with van der Waals surface area (Å²) >= 11 is 1.49. The van der Waals surface area contributed by atoms with Gasteiger partial charge in [-0.15, -0.1) is 11.3 Å². The molecule has 0 spiro atoms. The first-order valence-corrected chi connectivity index (χ1v) is 7.15. The molecular formula is C13H19NO3S. The van der Waals surface area contributed by atoms with Crippen molar-refractivity contribution in [2.45, 2.75) is 32.5 Å². The average Bonchev–Trinajstić information content (AvgIpc) is 2.85. The van der Waals surface area contributed by atoms with E-state index in [1.807, 2.05) is 18.4 Å². The van der Waals surface area contributed by atoms with E-state index in [1.165, 1.54) is 11.3 Å². The number of rotatable bonds is 3. The van der Waals surface area contributed by atoms with Crippen molar-refractivity contribution in [3.8, 4) is 0 Å². The van der Waals surface area contributed by atoms with E-state index in [9.17, 15) is 9.90 Å². The number of morpholine rings is 1. The van der Waals surface area contributed by atoms with Gasteiger partial charge in [0.25, 0.3) is 5.91 Å². The number of carbonyl (C=O) groups excluding carboxylic acids is 1. The van der Waals surface area contributed by atoms with Crippen molar-refractivity contribution < 1.29 is 14.6 Å². The van der Waals surface area contributed by atoms with Gasteiger partial charge < -0.3 is 14.7 Å². The maximum Gasteiger partial charge on any atom is 0.264 e. The number of hydrogen-bond donors (Lipinski definition) is 1. The minimum atomic E-state index is -0.261. The summed E-state index contributed by atoms with van der Waals surface area (Å²) in [5.41, 5.74) is 1.10. The van der Waals surface area contributed by atoms with E-state index in [0.29, 0.717) is 13.1 Å². The molecule has 1 aromatic rings. The Kier molecular flexibility index (Phi) is 4.37. The molecule has 0 aliphatic carbocycles. The van der Waals surface area contributed by atoms with Crippen LogP contribution in [0.25, 0.3) is 0 Å². The fourth-order valence-electron chi connectivity index (χ4n) is 2.26. The van der Waals surface area contributed by atoms with Gasteiger partial charge in [0.15, 0.2) is 0 Å². The molecule has 1 aromatic heterocycles. The van der Waals surface area contributed by atoms with Crippen molar-refractivity contribution >= 4 is 17.2 Å². The minimum absolute atomic E-state index is 0.0233. The van der Waals surface area contributed by atoms with E-state index < -0.39 is 0 Å². The van der Waals surface area contributed by atoms with Crippen molar-refractivity contribution in [1.82, 2.24) is 4.90 Å². The second kappa shape index (κ2) is 5.82. The average molecular weight is 269 g/mol. The van der Waals surface area contributed by atoms with Gasteiger partial charge >= 0.3 is 0 Å². The first-order chi connectivity index (χ1) is 8.65. The first kappa shape index (κ1) is 13.5. The number of carbonyl (C=O) groups is 1. The summed E-state index contributed by atoms with van der Waals surface area (Å²) in [6.45, 7) is 5.00. The Morgan fingerprint density at radius 1 is 1.61 bits per heavy atom. The molecule has 100 valence electrons. The number of hydrogen-bond acceptors (Lipinski definition) is 4. The third-order valence-corrected chi connectivity index (χ3v) is 4.08. The standard InChI is InChI=1S/C13H19NO3S/c1-3-10-4-5-18-12(10)13(16)14-6-9(2)17-11(7-14)8-15/h4-5,9,11,15H,3,6-8H2,1-2H3. The predicted octanol–water partition coefficient (Wildman–Crippen LogP) is 1.53. The summed E-state index contributed by atoms with van der Waals surface area (Å²) in [6, 6.07) is 2.01. The summed E-state index contributed by atoms with van der Waals surface area (Å²) in [5.74, 6) is 0.0652. The lowest BCUT2D eigenvalue weighted by Gasteiger charge is -2.36. The number of amides is 1. The molecule has 0 radical (unpaired) electrons. The number of thiophene rings is 1. The number of nitrogens with zero attached hydrogens (tertiary/aromatic N) is 1. The highest BCUT2D eigenvalue weighted by molar-refractivity contribution is 7.12. The third kappa shape index (κ3) is 2.74. The van der Waals surface area contributed by atoms with Gasteiger partial charge in [0.1, 0.15) is 0 Å². The maximum absolute atomic E-state index is 12.4. The number of aliphatic hydroxyl groups excluding tert-OH is 1. The van der Waals surface area contributed by atoms with E-state index in [1.54, 1.807) is 4.90 Å². The summed E-state index contributed by atoms with van der Waals surface area (Å²) in [4.78, 5) is 15.1. The molecule has 1 amide bonds. The highest BCUT2D eigenvalue weighted by atomic mass is 32.1. The van der Waals surface area contributed by atoms with Crippen LogP contribution in [0.4, 0.5) is 0 Å². The Morgan fingerprint density at radius 3 is 3.06 bits per heavy atom. The molecule has 0 saturated carbocycles. The SMILES string of the molecule is CCc1ccsc1C(=O)N1CC(C)OC(CO)C1. The fraction of sp³-hybridized carbons (Fsp3) is 0.615. The summed E-state index contributed by atoms with van der Waals surface area (Å²) < 4.78 is 5.55. The van der Waals surface area contributed by atoms with Crippen LogP contribution in [0.1, 0.15) is 29.1 Å². The van der Waals surface area contributed by atoms with Crippen molar-refractivity contribution in [3.63, 3.8) is 0 Å². The molecule has 1 aliphatic heterocycles. The highest BCUT2D eigenvalue weighted by Crippen LogP contribution is 2.22. The summed E-state index contributed by atoms with van der Waals surface area (Å²) in [7, 11) is 0. The Balaban J connectivity index is 2.13. The molecule has 4 nitrogen and oxygen atoms in total. The Labute approximate surface area is 111 Å². The molecule has 1 aliphatic rings. The summed E-state index contributed by atoms with van der Waals surface area (Å²) in [6.07, 6.45) is 0.584. The molecule has 5 heteroatoms. The third-order valence-electron chi connectivity index (χ3n) is 3.14. The van der Waals surface area contributed by atoms with E-state index in [4.69, 9.17) is 4.74 Å².